The fraction of sp³-hybridized carbons (Fsp3) is 0.222. The third kappa shape index (κ3) is 3.22. The molecule has 26 heavy (non-hydrogen) atoms. The molecule has 0 unspecified atom stereocenters. The normalized spacial score (nSPS) is 11.6. The summed E-state index contributed by atoms with van der Waals surface area (Å²) in [6.07, 6.45) is -4.49. The van der Waals surface area contributed by atoms with E-state index in [1.807, 2.05) is 0 Å². The van der Waals surface area contributed by atoms with Gasteiger partial charge in [-0.3, -0.25) is 9.89 Å². The lowest BCUT2D eigenvalue weighted by Crippen LogP contribution is -2.15. The number of H-pyrrole nitrogens is 1. The Balaban J connectivity index is 2.03. The van der Waals surface area contributed by atoms with Gasteiger partial charge in [0.05, 0.1) is 16.8 Å². The van der Waals surface area contributed by atoms with Crippen LogP contribution in [0.5, 0.6) is 0 Å². The number of alkyl halides is 3. The molecule has 3 aromatic rings. The summed E-state index contributed by atoms with van der Waals surface area (Å²) in [5, 5.41) is 9.28. The van der Waals surface area contributed by atoms with Crippen molar-refractivity contribution in [2.24, 2.45) is 0 Å². The van der Waals surface area contributed by atoms with Gasteiger partial charge in [0.1, 0.15) is 0 Å². The Hall–Kier alpha value is -3.03. The smallest absolute Gasteiger partial charge is 0.317 e. The zero-order valence-electron chi connectivity index (χ0n) is 14.4. The predicted molar refractivity (Wildman–Crippen MR) is 91.5 cm³/mol. The van der Waals surface area contributed by atoms with Gasteiger partial charge in [-0.15, -0.1) is 0 Å². The highest BCUT2D eigenvalue weighted by molar-refractivity contribution is 6.05. The van der Waals surface area contributed by atoms with Gasteiger partial charge in [0.2, 0.25) is 0 Å². The van der Waals surface area contributed by atoms with E-state index in [-0.39, 0.29) is 5.69 Å². The zero-order chi connectivity index (χ0) is 19.1. The van der Waals surface area contributed by atoms with Crippen molar-refractivity contribution >= 4 is 11.7 Å². The van der Waals surface area contributed by atoms with Crippen LogP contribution in [-0.4, -0.2) is 20.7 Å². The van der Waals surface area contributed by atoms with Gasteiger partial charge in [0, 0.05) is 23.1 Å². The monoisotopic (exact) mass is 362 g/mol. The predicted octanol–water partition coefficient (Wildman–Crippen LogP) is 4.40. The molecule has 0 saturated carbocycles. The van der Waals surface area contributed by atoms with Gasteiger partial charge >= 0.3 is 6.18 Å². The fourth-order valence-electron chi connectivity index (χ4n) is 2.94. The zero-order valence-corrected chi connectivity index (χ0v) is 14.4. The summed E-state index contributed by atoms with van der Waals surface area (Å²) in [5.41, 5.74) is 1.26. The lowest BCUT2D eigenvalue weighted by Gasteiger charge is -2.16. The Morgan fingerprint density at radius 3 is 2.46 bits per heavy atom. The highest BCUT2D eigenvalue weighted by atomic mass is 19.4. The molecule has 0 atom stereocenters. The molecule has 0 radical (unpaired) electrons. The number of amides is 1. The number of anilines is 1. The number of rotatable bonds is 3. The number of para-hydroxylation sites is 1. The largest absolute Gasteiger partial charge is 0.418 e. The number of halogens is 3. The molecule has 0 aliphatic carbocycles. The van der Waals surface area contributed by atoms with Gasteiger partial charge in [-0.25, -0.2) is 0 Å². The lowest BCUT2D eigenvalue weighted by atomic mass is 10.1. The molecule has 1 aromatic carbocycles. The average molecular weight is 362 g/mol. The van der Waals surface area contributed by atoms with Gasteiger partial charge in [0.15, 0.2) is 5.82 Å². The number of aromatic nitrogens is 3. The highest BCUT2D eigenvalue weighted by Crippen LogP contribution is 2.35. The van der Waals surface area contributed by atoms with E-state index in [0.29, 0.717) is 22.8 Å². The van der Waals surface area contributed by atoms with E-state index < -0.39 is 17.6 Å². The number of aryl methyl sites for hydroxylation is 2. The minimum Gasteiger partial charge on any atom is -0.317 e. The van der Waals surface area contributed by atoms with Crippen molar-refractivity contribution in [3.05, 3.63) is 64.6 Å². The molecule has 2 heterocycles. The second kappa shape index (κ2) is 6.36. The Morgan fingerprint density at radius 1 is 1.15 bits per heavy atom. The summed E-state index contributed by atoms with van der Waals surface area (Å²) in [5.74, 6) is -0.0756. The van der Waals surface area contributed by atoms with E-state index in [9.17, 15) is 18.0 Å². The molecule has 2 aromatic heterocycles. The van der Waals surface area contributed by atoms with Crippen LogP contribution in [0, 0.1) is 20.8 Å². The van der Waals surface area contributed by atoms with Crippen molar-refractivity contribution in [2.75, 3.05) is 5.32 Å². The summed E-state index contributed by atoms with van der Waals surface area (Å²) in [6, 6.07) is 8.53. The Kier molecular flexibility index (Phi) is 4.35. The molecule has 0 fully saturated rings. The van der Waals surface area contributed by atoms with Crippen molar-refractivity contribution in [1.82, 2.24) is 14.8 Å². The Morgan fingerprint density at radius 2 is 1.85 bits per heavy atom. The molecule has 2 N–H and O–H groups in total. The van der Waals surface area contributed by atoms with E-state index in [2.05, 4.69) is 15.5 Å². The maximum absolute atomic E-state index is 13.3. The first-order valence-corrected chi connectivity index (χ1v) is 7.87. The molecule has 0 aliphatic heterocycles. The van der Waals surface area contributed by atoms with Crippen molar-refractivity contribution in [3.63, 3.8) is 0 Å². The van der Waals surface area contributed by atoms with Crippen molar-refractivity contribution < 1.29 is 18.0 Å². The van der Waals surface area contributed by atoms with Crippen LogP contribution in [0.1, 0.15) is 33.0 Å². The molecular weight excluding hydrogens is 345 g/mol. The van der Waals surface area contributed by atoms with Crippen LogP contribution in [0.4, 0.5) is 19.0 Å². The van der Waals surface area contributed by atoms with Crippen molar-refractivity contribution in [1.29, 1.82) is 0 Å². The van der Waals surface area contributed by atoms with Gasteiger partial charge in [-0.05, 0) is 39.0 Å². The molecule has 0 spiro atoms. The van der Waals surface area contributed by atoms with E-state index in [4.69, 9.17) is 0 Å². The first-order valence-electron chi connectivity index (χ1n) is 7.87. The first kappa shape index (κ1) is 17.8. The van der Waals surface area contributed by atoms with Gasteiger partial charge in [0.25, 0.3) is 5.91 Å². The first-order chi connectivity index (χ1) is 12.2. The molecule has 8 heteroatoms. The van der Waals surface area contributed by atoms with Crippen molar-refractivity contribution in [2.45, 2.75) is 26.9 Å². The third-order valence-corrected chi connectivity index (χ3v) is 4.07. The molecular formula is C18H17F3N4O. The summed E-state index contributed by atoms with van der Waals surface area (Å²) >= 11 is 0. The number of nitrogens with one attached hydrogen (secondary N) is 2. The number of hydrogen-bond donors (Lipinski definition) is 2. The third-order valence-electron chi connectivity index (χ3n) is 4.07. The maximum Gasteiger partial charge on any atom is 0.418 e. The van der Waals surface area contributed by atoms with Crippen LogP contribution in [0.25, 0.3) is 5.69 Å². The van der Waals surface area contributed by atoms with Crippen LogP contribution in [-0.2, 0) is 6.18 Å². The lowest BCUT2D eigenvalue weighted by molar-refractivity contribution is -0.137. The Bertz CT molecular complexity index is 969. The fourth-order valence-corrected chi connectivity index (χ4v) is 2.94. The molecule has 0 saturated heterocycles. The van der Waals surface area contributed by atoms with E-state index in [1.54, 1.807) is 32.9 Å². The van der Waals surface area contributed by atoms with E-state index in [1.165, 1.54) is 22.8 Å². The molecule has 5 nitrogen and oxygen atoms in total. The van der Waals surface area contributed by atoms with Gasteiger partial charge in [-0.1, -0.05) is 12.1 Å². The van der Waals surface area contributed by atoms with Crippen LogP contribution in [0.2, 0.25) is 0 Å². The number of carbonyl (C=O) groups is 1. The van der Waals surface area contributed by atoms with Gasteiger partial charge < -0.3 is 9.88 Å². The van der Waals surface area contributed by atoms with E-state index >= 15 is 0 Å². The summed E-state index contributed by atoms with van der Waals surface area (Å²) in [7, 11) is 0. The number of aromatic amines is 1. The molecule has 0 aliphatic rings. The van der Waals surface area contributed by atoms with E-state index in [0.717, 1.165) is 11.8 Å². The molecule has 0 bridgehead atoms. The topological polar surface area (TPSA) is 62.7 Å². The van der Waals surface area contributed by atoms with Crippen LogP contribution in [0.15, 0.2) is 36.4 Å². The quantitative estimate of drug-likeness (QED) is 0.726. The second-order valence-electron chi connectivity index (χ2n) is 6.03. The second-order valence-corrected chi connectivity index (χ2v) is 6.03. The highest BCUT2D eigenvalue weighted by Gasteiger charge is 2.34. The molecule has 1 amide bonds. The standard InChI is InChI=1S/C18H17F3N4O/c1-10-8-16(24-23-10)22-17(26)13-9-11(2)25(12(13)3)15-7-5-4-6-14(15)18(19,20)21/h4-9H,1-3H3,(H2,22,23,24,26). The van der Waals surface area contributed by atoms with Gasteiger partial charge in [-0.2, -0.15) is 18.3 Å². The molecule has 3 rings (SSSR count). The van der Waals surface area contributed by atoms with Crippen LogP contribution in [0.3, 0.4) is 0 Å². The summed E-state index contributed by atoms with van der Waals surface area (Å²) < 4.78 is 41.5. The molecule has 136 valence electrons. The summed E-state index contributed by atoms with van der Waals surface area (Å²) in [4.78, 5) is 12.5. The Labute approximate surface area is 147 Å². The number of benzene rings is 1. The minimum atomic E-state index is -4.49. The summed E-state index contributed by atoms with van der Waals surface area (Å²) in [6.45, 7) is 5.07. The average Bonchev–Trinajstić information content (AvgIpc) is 3.09. The van der Waals surface area contributed by atoms with Crippen molar-refractivity contribution in [3.8, 4) is 5.69 Å². The maximum atomic E-state index is 13.3. The van der Waals surface area contributed by atoms with Crippen LogP contribution >= 0.6 is 0 Å². The number of nitrogens with zero attached hydrogens (tertiary/aromatic N) is 2. The SMILES string of the molecule is Cc1cc(NC(=O)c2cc(C)n(-c3ccccc3C(F)(F)F)c2C)n[nH]1. The number of carbonyl (C=O) groups excluding carboxylic acids is 1. The minimum absolute atomic E-state index is 0.00957. The van der Waals surface area contributed by atoms with Crippen LogP contribution < -0.4 is 5.32 Å². The number of hydrogen-bond acceptors (Lipinski definition) is 2.